The van der Waals surface area contributed by atoms with E-state index in [2.05, 4.69) is 0 Å². The molecule has 0 fully saturated rings. The van der Waals surface area contributed by atoms with E-state index in [0.717, 1.165) is 0 Å². The molecular formula is C22H19N3O6. The lowest BCUT2D eigenvalue weighted by molar-refractivity contribution is -0.385. The first-order chi connectivity index (χ1) is 14.9. The summed E-state index contributed by atoms with van der Waals surface area (Å²) in [5.41, 5.74) is 6.19. The lowest BCUT2D eigenvalue weighted by atomic mass is 9.81. The standard InChI is InChI=1S/C22H19N3O6/c1-3-30-22(26)19-18(15-6-4-5-7-17(15)25(27)28)16(12-23)21(24)31-20(19)13-8-10-14(29-2)11-9-13/h4-11,18H,3,24H2,1-2H3. The third-order valence-corrected chi connectivity index (χ3v) is 4.71. The van der Waals surface area contributed by atoms with Crippen LogP contribution in [0.25, 0.3) is 5.76 Å². The van der Waals surface area contributed by atoms with E-state index < -0.39 is 16.8 Å². The van der Waals surface area contributed by atoms with Crippen LogP contribution < -0.4 is 10.5 Å². The Morgan fingerprint density at radius 3 is 2.52 bits per heavy atom. The van der Waals surface area contributed by atoms with E-state index in [-0.39, 0.29) is 40.6 Å². The molecule has 0 amide bonds. The predicted octanol–water partition coefficient (Wildman–Crippen LogP) is 3.39. The number of nitro groups is 1. The maximum absolute atomic E-state index is 13.0. The van der Waals surface area contributed by atoms with Gasteiger partial charge in [-0.1, -0.05) is 18.2 Å². The summed E-state index contributed by atoms with van der Waals surface area (Å²) in [6.45, 7) is 1.69. The highest BCUT2D eigenvalue weighted by Crippen LogP contribution is 2.45. The van der Waals surface area contributed by atoms with Gasteiger partial charge in [0.2, 0.25) is 5.88 Å². The van der Waals surface area contributed by atoms with Crippen LogP contribution in [-0.4, -0.2) is 24.6 Å². The van der Waals surface area contributed by atoms with Crippen LogP contribution in [0.5, 0.6) is 5.75 Å². The fraction of sp³-hybridized carbons (Fsp3) is 0.182. The average Bonchev–Trinajstić information content (AvgIpc) is 2.78. The topological polar surface area (TPSA) is 138 Å². The number of nitrogens with zero attached hydrogens (tertiary/aromatic N) is 2. The van der Waals surface area contributed by atoms with Crippen molar-refractivity contribution < 1.29 is 23.9 Å². The Bertz CT molecular complexity index is 1130. The summed E-state index contributed by atoms with van der Waals surface area (Å²) in [5, 5.41) is 21.4. The van der Waals surface area contributed by atoms with E-state index >= 15 is 0 Å². The molecule has 1 heterocycles. The van der Waals surface area contributed by atoms with Gasteiger partial charge >= 0.3 is 5.97 Å². The van der Waals surface area contributed by atoms with Gasteiger partial charge < -0.3 is 19.9 Å². The second-order valence-corrected chi connectivity index (χ2v) is 6.43. The molecule has 1 aliphatic rings. The van der Waals surface area contributed by atoms with E-state index in [1.807, 2.05) is 6.07 Å². The number of nitriles is 1. The van der Waals surface area contributed by atoms with E-state index in [4.69, 9.17) is 19.9 Å². The summed E-state index contributed by atoms with van der Waals surface area (Å²) < 4.78 is 16.1. The third kappa shape index (κ3) is 4.04. The molecule has 2 aromatic rings. The zero-order valence-corrected chi connectivity index (χ0v) is 16.8. The van der Waals surface area contributed by atoms with Crippen molar-refractivity contribution in [2.24, 2.45) is 5.73 Å². The lowest BCUT2D eigenvalue weighted by Gasteiger charge is -2.28. The highest BCUT2D eigenvalue weighted by molar-refractivity contribution is 6.00. The zero-order chi connectivity index (χ0) is 22.5. The monoisotopic (exact) mass is 421 g/mol. The Labute approximate surface area is 178 Å². The van der Waals surface area contributed by atoms with Crippen molar-refractivity contribution in [1.29, 1.82) is 5.26 Å². The number of carbonyl (C=O) groups excluding carboxylic acids is 1. The van der Waals surface area contributed by atoms with Gasteiger partial charge in [-0.3, -0.25) is 10.1 Å². The maximum Gasteiger partial charge on any atom is 0.338 e. The van der Waals surface area contributed by atoms with Crippen LogP contribution in [0.1, 0.15) is 24.0 Å². The molecule has 158 valence electrons. The SMILES string of the molecule is CCOC(=O)C1=C(c2ccc(OC)cc2)OC(N)=C(C#N)C1c1ccccc1[N+](=O)[O-]. The molecular weight excluding hydrogens is 402 g/mol. The van der Waals surface area contributed by atoms with Crippen LogP contribution in [0.2, 0.25) is 0 Å². The molecule has 0 spiro atoms. The Kier molecular flexibility index (Phi) is 6.21. The van der Waals surface area contributed by atoms with Gasteiger partial charge in [0.1, 0.15) is 23.2 Å². The molecule has 9 nitrogen and oxygen atoms in total. The molecule has 0 aliphatic carbocycles. The number of hydrogen-bond acceptors (Lipinski definition) is 8. The van der Waals surface area contributed by atoms with Gasteiger partial charge in [0, 0.05) is 17.2 Å². The number of ether oxygens (including phenoxy) is 3. The normalized spacial score (nSPS) is 15.7. The second-order valence-electron chi connectivity index (χ2n) is 6.43. The minimum Gasteiger partial charge on any atom is -0.497 e. The molecule has 1 aliphatic heterocycles. The van der Waals surface area contributed by atoms with Gasteiger partial charge in [-0.05, 0) is 31.2 Å². The minimum absolute atomic E-state index is 0.0490. The number of esters is 1. The minimum atomic E-state index is -1.14. The van der Waals surface area contributed by atoms with Crippen molar-refractivity contribution >= 4 is 17.4 Å². The zero-order valence-electron chi connectivity index (χ0n) is 16.8. The summed E-state index contributed by atoms with van der Waals surface area (Å²) in [6.07, 6.45) is 0. The molecule has 0 radical (unpaired) electrons. The van der Waals surface area contributed by atoms with Gasteiger partial charge in [-0.2, -0.15) is 5.26 Å². The van der Waals surface area contributed by atoms with E-state index in [1.54, 1.807) is 37.3 Å². The largest absolute Gasteiger partial charge is 0.497 e. The molecule has 0 aromatic heterocycles. The average molecular weight is 421 g/mol. The first-order valence-electron chi connectivity index (χ1n) is 9.29. The number of allylic oxidation sites excluding steroid dienone is 1. The Morgan fingerprint density at radius 1 is 1.26 bits per heavy atom. The first-order valence-corrected chi connectivity index (χ1v) is 9.29. The Morgan fingerprint density at radius 2 is 1.94 bits per heavy atom. The number of nitrogens with two attached hydrogens (primary N) is 1. The molecule has 0 saturated carbocycles. The number of nitro benzene ring substituents is 1. The summed E-state index contributed by atoms with van der Waals surface area (Å²) in [6, 6.07) is 14.4. The van der Waals surface area contributed by atoms with Crippen LogP contribution in [0, 0.1) is 21.4 Å². The van der Waals surface area contributed by atoms with Crippen LogP contribution in [0.15, 0.2) is 65.6 Å². The summed E-state index contributed by atoms with van der Waals surface area (Å²) in [5.74, 6) is -1.52. The summed E-state index contributed by atoms with van der Waals surface area (Å²) >= 11 is 0. The predicted molar refractivity (Wildman–Crippen MR) is 110 cm³/mol. The number of hydrogen-bond donors (Lipinski definition) is 1. The van der Waals surface area contributed by atoms with Crippen LogP contribution in [0.4, 0.5) is 5.69 Å². The Hall–Kier alpha value is -4.32. The van der Waals surface area contributed by atoms with Crippen LogP contribution >= 0.6 is 0 Å². The van der Waals surface area contributed by atoms with Crippen molar-refractivity contribution in [3.05, 3.63) is 86.8 Å². The third-order valence-electron chi connectivity index (χ3n) is 4.71. The van der Waals surface area contributed by atoms with E-state index in [1.165, 1.54) is 25.3 Å². The molecule has 9 heteroatoms. The molecule has 1 unspecified atom stereocenters. The van der Waals surface area contributed by atoms with Gasteiger partial charge in [-0.15, -0.1) is 0 Å². The number of rotatable bonds is 6. The fourth-order valence-corrected chi connectivity index (χ4v) is 3.34. The van der Waals surface area contributed by atoms with Crippen molar-refractivity contribution in [2.45, 2.75) is 12.8 Å². The highest BCUT2D eigenvalue weighted by Gasteiger charge is 2.41. The summed E-state index contributed by atoms with van der Waals surface area (Å²) in [4.78, 5) is 24.1. The second kappa shape index (κ2) is 9.00. The van der Waals surface area contributed by atoms with Crippen molar-refractivity contribution in [3.63, 3.8) is 0 Å². The molecule has 2 N–H and O–H groups in total. The molecule has 3 rings (SSSR count). The van der Waals surface area contributed by atoms with Gasteiger partial charge in [0.15, 0.2) is 0 Å². The van der Waals surface area contributed by atoms with Gasteiger partial charge in [0.05, 0.1) is 30.1 Å². The molecule has 0 bridgehead atoms. The van der Waals surface area contributed by atoms with Crippen LogP contribution in [-0.2, 0) is 14.3 Å². The van der Waals surface area contributed by atoms with Crippen molar-refractivity contribution in [2.75, 3.05) is 13.7 Å². The molecule has 31 heavy (non-hydrogen) atoms. The quantitative estimate of drug-likeness (QED) is 0.425. The van der Waals surface area contributed by atoms with Crippen molar-refractivity contribution in [1.82, 2.24) is 0 Å². The molecule has 0 saturated heterocycles. The number of benzene rings is 2. The van der Waals surface area contributed by atoms with Gasteiger partial charge in [-0.25, -0.2) is 4.79 Å². The maximum atomic E-state index is 13.0. The van der Waals surface area contributed by atoms with E-state index in [9.17, 15) is 20.2 Å². The fourth-order valence-electron chi connectivity index (χ4n) is 3.34. The highest BCUT2D eigenvalue weighted by atomic mass is 16.6. The van der Waals surface area contributed by atoms with Crippen LogP contribution in [0.3, 0.4) is 0 Å². The number of carbonyl (C=O) groups is 1. The summed E-state index contributed by atoms with van der Waals surface area (Å²) in [7, 11) is 1.51. The van der Waals surface area contributed by atoms with E-state index in [0.29, 0.717) is 11.3 Å². The first kappa shape index (κ1) is 21.4. The van der Waals surface area contributed by atoms with Crippen molar-refractivity contribution in [3.8, 4) is 11.8 Å². The molecule has 2 aromatic carbocycles. The molecule has 1 atom stereocenters. The lowest BCUT2D eigenvalue weighted by Crippen LogP contribution is -2.26. The Balaban J connectivity index is 2.33. The number of para-hydroxylation sites is 1. The number of methoxy groups -OCH3 is 1. The smallest absolute Gasteiger partial charge is 0.338 e. The van der Waals surface area contributed by atoms with Gasteiger partial charge in [0.25, 0.3) is 5.69 Å².